The van der Waals surface area contributed by atoms with Gasteiger partial charge >= 0.3 is 0 Å². The Bertz CT molecular complexity index is 775. The second-order valence-electron chi connectivity index (χ2n) is 7.21. The van der Waals surface area contributed by atoms with Crippen molar-refractivity contribution in [2.45, 2.75) is 37.0 Å². The molecule has 0 atom stereocenters. The Hall–Kier alpha value is -1.15. The molecule has 3 aliphatic heterocycles. The number of carbonyl (C=O) groups excluding carboxylic acids is 1. The van der Waals surface area contributed by atoms with Crippen molar-refractivity contribution in [1.82, 2.24) is 9.62 Å². The number of piperidine rings is 1. The molecule has 0 unspecified atom stereocenters. The van der Waals surface area contributed by atoms with Crippen LogP contribution in [0.2, 0.25) is 0 Å². The van der Waals surface area contributed by atoms with Crippen molar-refractivity contribution in [2.24, 2.45) is 5.41 Å². The predicted molar refractivity (Wildman–Crippen MR) is 98.6 cm³/mol. The van der Waals surface area contributed by atoms with E-state index in [-0.39, 0.29) is 23.7 Å². The molecule has 2 fully saturated rings. The second-order valence-corrected chi connectivity index (χ2v) is 9.14. The molecule has 25 heavy (non-hydrogen) atoms. The third-order valence-electron chi connectivity index (χ3n) is 5.68. The average molecular weight is 386 g/mol. The minimum absolute atomic E-state index is 0. The number of halogens is 1. The van der Waals surface area contributed by atoms with Crippen molar-refractivity contribution in [3.05, 3.63) is 23.8 Å². The van der Waals surface area contributed by atoms with Crippen molar-refractivity contribution >= 4 is 34.0 Å². The summed E-state index contributed by atoms with van der Waals surface area (Å²) in [6.07, 6.45) is 4.07. The molecule has 3 heterocycles. The maximum absolute atomic E-state index is 13.0. The van der Waals surface area contributed by atoms with Gasteiger partial charge in [0.05, 0.1) is 4.90 Å². The fraction of sp³-hybridized carbons (Fsp3) is 0.588. The number of benzene rings is 1. The number of sulfonamides is 1. The molecule has 0 radical (unpaired) electrons. The SMILES string of the molecule is Cl.O=C1CCc2cc(S(=O)(=O)N3CCC4(CCNCC4)C3)ccc2N1. The minimum atomic E-state index is -3.46. The summed E-state index contributed by atoms with van der Waals surface area (Å²) < 4.78 is 27.7. The van der Waals surface area contributed by atoms with E-state index in [9.17, 15) is 13.2 Å². The van der Waals surface area contributed by atoms with Gasteiger partial charge in [0.2, 0.25) is 15.9 Å². The molecular weight excluding hydrogens is 362 g/mol. The van der Waals surface area contributed by atoms with E-state index < -0.39 is 10.0 Å². The Morgan fingerprint density at radius 3 is 2.60 bits per heavy atom. The third-order valence-corrected chi connectivity index (χ3v) is 7.52. The highest BCUT2D eigenvalue weighted by molar-refractivity contribution is 7.89. The van der Waals surface area contributed by atoms with E-state index >= 15 is 0 Å². The van der Waals surface area contributed by atoms with Crippen molar-refractivity contribution in [3.63, 3.8) is 0 Å². The summed E-state index contributed by atoms with van der Waals surface area (Å²) in [5.41, 5.74) is 1.80. The number of nitrogens with zero attached hydrogens (tertiary/aromatic N) is 1. The summed E-state index contributed by atoms with van der Waals surface area (Å²) in [7, 11) is -3.46. The largest absolute Gasteiger partial charge is 0.326 e. The third kappa shape index (κ3) is 3.43. The number of nitrogens with one attached hydrogen (secondary N) is 2. The van der Waals surface area contributed by atoms with Crippen LogP contribution < -0.4 is 10.6 Å². The Labute approximate surface area is 154 Å². The highest BCUT2D eigenvalue weighted by Crippen LogP contribution is 2.41. The van der Waals surface area contributed by atoms with Crippen LogP contribution in [0.1, 0.15) is 31.2 Å². The molecule has 1 spiro atoms. The quantitative estimate of drug-likeness (QED) is 0.813. The summed E-state index contributed by atoms with van der Waals surface area (Å²) in [5, 5.41) is 6.16. The first-order valence-electron chi connectivity index (χ1n) is 8.62. The molecule has 1 aromatic rings. The number of fused-ring (bicyclic) bond motifs is 1. The fourth-order valence-corrected chi connectivity index (χ4v) is 5.74. The first-order valence-corrected chi connectivity index (χ1v) is 10.1. The van der Waals surface area contributed by atoms with E-state index in [1.54, 1.807) is 22.5 Å². The lowest BCUT2D eigenvalue weighted by atomic mass is 9.78. The van der Waals surface area contributed by atoms with Gasteiger partial charge in [0.25, 0.3) is 0 Å². The molecule has 6 nitrogen and oxygen atoms in total. The van der Waals surface area contributed by atoms with E-state index in [0.29, 0.717) is 30.8 Å². The summed E-state index contributed by atoms with van der Waals surface area (Å²) in [5.74, 6) is -0.00880. The molecule has 2 N–H and O–H groups in total. The number of amides is 1. The number of aryl methyl sites for hydroxylation is 1. The molecule has 4 rings (SSSR count). The highest BCUT2D eigenvalue weighted by Gasteiger charge is 2.43. The number of anilines is 1. The molecular formula is C17H24ClN3O3S. The van der Waals surface area contributed by atoms with Gasteiger partial charge in [0, 0.05) is 25.2 Å². The first kappa shape index (κ1) is 18.6. The lowest BCUT2D eigenvalue weighted by Gasteiger charge is -2.33. The van der Waals surface area contributed by atoms with Crippen molar-refractivity contribution in [3.8, 4) is 0 Å². The zero-order valence-electron chi connectivity index (χ0n) is 14.1. The Balaban J connectivity index is 0.00000182. The van der Waals surface area contributed by atoms with Crippen molar-refractivity contribution < 1.29 is 13.2 Å². The van der Waals surface area contributed by atoms with Crippen LogP contribution in [-0.4, -0.2) is 44.8 Å². The van der Waals surface area contributed by atoms with Gasteiger partial charge in [0.15, 0.2) is 0 Å². The van der Waals surface area contributed by atoms with E-state index in [4.69, 9.17) is 0 Å². The molecule has 0 bridgehead atoms. The van der Waals surface area contributed by atoms with E-state index in [1.165, 1.54) is 0 Å². The maximum Gasteiger partial charge on any atom is 0.243 e. The van der Waals surface area contributed by atoms with Crippen molar-refractivity contribution in [1.29, 1.82) is 0 Å². The highest BCUT2D eigenvalue weighted by atomic mass is 35.5. The van der Waals surface area contributed by atoms with Crippen LogP contribution in [0.25, 0.3) is 0 Å². The minimum Gasteiger partial charge on any atom is -0.326 e. The smallest absolute Gasteiger partial charge is 0.243 e. The van der Waals surface area contributed by atoms with Gasteiger partial charge in [-0.15, -0.1) is 12.4 Å². The van der Waals surface area contributed by atoms with E-state index in [0.717, 1.165) is 43.6 Å². The molecule has 2 saturated heterocycles. The van der Waals surface area contributed by atoms with E-state index in [1.807, 2.05) is 0 Å². The normalized spacial score (nSPS) is 23.0. The summed E-state index contributed by atoms with van der Waals surface area (Å²) in [6.45, 7) is 3.19. The molecule has 1 amide bonds. The molecule has 0 aromatic heterocycles. The van der Waals surface area contributed by atoms with Gasteiger partial charge in [-0.3, -0.25) is 4.79 Å². The Morgan fingerprint density at radius 1 is 1.08 bits per heavy atom. The van der Waals surface area contributed by atoms with Gasteiger partial charge in [-0.1, -0.05) is 0 Å². The Kier molecular flexibility index (Phi) is 5.12. The topological polar surface area (TPSA) is 78.5 Å². The summed E-state index contributed by atoms with van der Waals surface area (Å²) in [6, 6.07) is 5.07. The average Bonchev–Trinajstić information content (AvgIpc) is 2.99. The number of hydrogen-bond acceptors (Lipinski definition) is 4. The van der Waals surface area contributed by atoms with Crippen LogP contribution in [0, 0.1) is 5.41 Å². The van der Waals surface area contributed by atoms with Crippen LogP contribution in [-0.2, 0) is 21.2 Å². The second kappa shape index (κ2) is 6.87. The van der Waals surface area contributed by atoms with Crippen LogP contribution in [0.3, 0.4) is 0 Å². The molecule has 138 valence electrons. The van der Waals surface area contributed by atoms with Gasteiger partial charge in [-0.05, 0) is 68.0 Å². The molecule has 0 aliphatic carbocycles. The zero-order valence-corrected chi connectivity index (χ0v) is 15.7. The van der Waals surface area contributed by atoms with Gasteiger partial charge in [-0.2, -0.15) is 4.31 Å². The fourth-order valence-electron chi connectivity index (χ4n) is 4.13. The molecule has 3 aliphatic rings. The van der Waals surface area contributed by atoms with Gasteiger partial charge in [0.1, 0.15) is 0 Å². The lowest BCUT2D eigenvalue weighted by Crippen LogP contribution is -2.39. The molecule has 8 heteroatoms. The standard InChI is InChI=1S/C17H23N3O3S.ClH/c21-16-4-1-13-11-14(2-3-15(13)19-16)24(22,23)20-10-7-17(12-20)5-8-18-9-6-17;/h2-3,11,18H,1,4-10,12H2,(H,19,21);1H. The van der Waals surface area contributed by atoms with Gasteiger partial charge < -0.3 is 10.6 Å². The monoisotopic (exact) mass is 385 g/mol. The predicted octanol–water partition coefficient (Wildman–Crippen LogP) is 1.76. The summed E-state index contributed by atoms with van der Waals surface area (Å²) in [4.78, 5) is 11.8. The number of carbonyl (C=O) groups is 1. The van der Waals surface area contributed by atoms with Crippen LogP contribution in [0.4, 0.5) is 5.69 Å². The van der Waals surface area contributed by atoms with Gasteiger partial charge in [-0.25, -0.2) is 8.42 Å². The van der Waals surface area contributed by atoms with Crippen LogP contribution >= 0.6 is 12.4 Å². The van der Waals surface area contributed by atoms with Crippen LogP contribution in [0.5, 0.6) is 0 Å². The maximum atomic E-state index is 13.0. The first-order chi connectivity index (χ1) is 11.5. The van der Waals surface area contributed by atoms with E-state index in [2.05, 4.69) is 10.6 Å². The molecule has 1 aromatic carbocycles. The van der Waals surface area contributed by atoms with Crippen LogP contribution in [0.15, 0.2) is 23.1 Å². The lowest BCUT2D eigenvalue weighted by molar-refractivity contribution is -0.116. The molecule has 0 saturated carbocycles. The number of hydrogen-bond donors (Lipinski definition) is 2. The summed E-state index contributed by atoms with van der Waals surface area (Å²) >= 11 is 0. The zero-order chi connectivity index (χ0) is 16.8. The Morgan fingerprint density at radius 2 is 1.84 bits per heavy atom. The van der Waals surface area contributed by atoms with Crippen molar-refractivity contribution in [2.75, 3.05) is 31.5 Å². The number of rotatable bonds is 2.